The lowest BCUT2D eigenvalue weighted by Crippen LogP contribution is -2.48. The van der Waals surface area contributed by atoms with Gasteiger partial charge in [0.2, 0.25) is 11.8 Å². The summed E-state index contributed by atoms with van der Waals surface area (Å²) in [6, 6.07) is 9.48. The van der Waals surface area contributed by atoms with Crippen LogP contribution in [0.3, 0.4) is 0 Å². The maximum absolute atomic E-state index is 12.7. The number of hydrogen-bond acceptors (Lipinski definition) is 3. The van der Waals surface area contributed by atoms with Crippen molar-refractivity contribution in [2.45, 2.75) is 92.2 Å². The quantitative estimate of drug-likeness (QED) is 0.284. The van der Waals surface area contributed by atoms with Gasteiger partial charge < -0.3 is 16.0 Å². The Morgan fingerprint density at radius 3 is 2.18 bits per heavy atom. The highest BCUT2D eigenvalue weighted by Gasteiger charge is 2.22. The van der Waals surface area contributed by atoms with E-state index in [2.05, 4.69) is 56.8 Å². The standard InChI is InChI=1S/C25H39N3O2.C4H10/c1-6-8-14-22(7-2)27-20(5)18-26-25(30)23(17-19(3)4)28-24(29)16-15-21-12-10-9-11-13-21;1-4(2)3/h7,9-13,19,22-23,27H,2,5-6,8,14-18H2,1,3-4H3,(H,26,30)(H,28,29);4H,1-3H3. The molecule has 3 N–H and O–H groups in total. The molecule has 1 aromatic rings. The van der Waals surface area contributed by atoms with Gasteiger partial charge in [-0.1, -0.05) is 97.4 Å². The van der Waals surface area contributed by atoms with Crippen molar-refractivity contribution in [2.24, 2.45) is 11.8 Å². The summed E-state index contributed by atoms with van der Waals surface area (Å²) in [6.45, 7) is 20.9. The van der Waals surface area contributed by atoms with Crippen molar-refractivity contribution in [3.63, 3.8) is 0 Å². The monoisotopic (exact) mass is 471 g/mol. The number of nitrogens with one attached hydrogen (secondary N) is 3. The Balaban J connectivity index is 0.00000251. The van der Waals surface area contributed by atoms with Crippen molar-refractivity contribution in [3.05, 3.63) is 60.8 Å². The first kappa shape index (κ1) is 31.4. The summed E-state index contributed by atoms with van der Waals surface area (Å²) in [5.74, 6) is 0.835. The number of carbonyl (C=O) groups is 2. The Labute approximate surface area is 208 Å². The van der Waals surface area contributed by atoms with Crippen LogP contribution < -0.4 is 16.0 Å². The molecule has 0 aliphatic rings. The lowest BCUT2D eigenvalue weighted by atomic mass is 10.0. The first-order valence-electron chi connectivity index (χ1n) is 12.8. The van der Waals surface area contributed by atoms with Crippen LogP contribution in [0.4, 0.5) is 0 Å². The third-order valence-electron chi connectivity index (χ3n) is 4.86. The molecule has 2 unspecified atom stereocenters. The van der Waals surface area contributed by atoms with Gasteiger partial charge in [-0.25, -0.2) is 0 Å². The van der Waals surface area contributed by atoms with Crippen molar-refractivity contribution in [2.75, 3.05) is 6.54 Å². The maximum atomic E-state index is 12.7. The van der Waals surface area contributed by atoms with Crippen LogP contribution in [0.1, 0.15) is 79.2 Å². The third kappa shape index (κ3) is 17.0. The van der Waals surface area contributed by atoms with Crippen molar-refractivity contribution < 1.29 is 9.59 Å². The minimum atomic E-state index is -0.545. The van der Waals surface area contributed by atoms with Crippen LogP contribution in [-0.2, 0) is 16.0 Å². The molecular weight excluding hydrogens is 422 g/mol. The molecule has 192 valence electrons. The topological polar surface area (TPSA) is 70.2 Å². The molecule has 2 amide bonds. The van der Waals surface area contributed by atoms with Gasteiger partial charge in [0.05, 0.1) is 6.54 Å². The van der Waals surface area contributed by atoms with E-state index in [1.54, 1.807) is 0 Å². The SMILES string of the molecule is C=CC(CCCC)NC(=C)CNC(=O)C(CC(C)C)NC(=O)CCc1ccccc1.CC(C)C. The second kappa shape index (κ2) is 18.8. The number of carbonyl (C=O) groups excluding carboxylic acids is 2. The smallest absolute Gasteiger partial charge is 0.242 e. The lowest BCUT2D eigenvalue weighted by Gasteiger charge is -2.22. The van der Waals surface area contributed by atoms with E-state index in [1.165, 1.54) is 0 Å². The fourth-order valence-electron chi connectivity index (χ4n) is 3.18. The molecule has 1 rings (SSSR count). The van der Waals surface area contributed by atoms with Crippen molar-refractivity contribution >= 4 is 11.8 Å². The van der Waals surface area contributed by atoms with Crippen molar-refractivity contribution in [3.8, 4) is 0 Å². The van der Waals surface area contributed by atoms with Crippen LogP contribution in [-0.4, -0.2) is 30.4 Å². The lowest BCUT2D eigenvalue weighted by molar-refractivity contribution is -0.129. The Bertz CT molecular complexity index is 711. The van der Waals surface area contributed by atoms with E-state index < -0.39 is 6.04 Å². The van der Waals surface area contributed by atoms with Gasteiger partial charge in [0, 0.05) is 18.2 Å². The summed E-state index contributed by atoms with van der Waals surface area (Å²) in [6.07, 6.45) is 6.69. The molecule has 0 aliphatic heterocycles. The van der Waals surface area contributed by atoms with Crippen LogP contribution >= 0.6 is 0 Å². The van der Waals surface area contributed by atoms with Gasteiger partial charge in [-0.15, -0.1) is 6.58 Å². The molecule has 0 aliphatic carbocycles. The van der Waals surface area contributed by atoms with Crippen LogP contribution in [0.15, 0.2) is 55.3 Å². The van der Waals surface area contributed by atoms with Crippen LogP contribution in [0.25, 0.3) is 0 Å². The first-order chi connectivity index (χ1) is 16.1. The second-order valence-electron chi connectivity index (χ2n) is 9.92. The van der Waals surface area contributed by atoms with Gasteiger partial charge in [-0.05, 0) is 36.7 Å². The molecule has 5 nitrogen and oxygen atoms in total. The van der Waals surface area contributed by atoms with Gasteiger partial charge >= 0.3 is 0 Å². The summed E-state index contributed by atoms with van der Waals surface area (Å²) in [7, 11) is 0. The molecule has 0 spiro atoms. The number of amides is 2. The molecule has 0 saturated carbocycles. The Morgan fingerprint density at radius 1 is 1.03 bits per heavy atom. The molecule has 34 heavy (non-hydrogen) atoms. The van der Waals surface area contributed by atoms with Crippen LogP contribution in [0, 0.1) is 11.8 Å². The zero-order chi connectivity index (χ0) is 25.9. The molecule has 0 aromatic heterocycles. The summed E-state index contributed by atoms with van der Waals surface area (Å²) in [5.41, 5.74) is 1.85. The van der Waals surface area contributed by atoms with E-state index in [9.17, 15) is 9.59 Å². The summed E-state index contributed by atoms with van der Waals surface area (Å²) in [5, 5.41) is 9.11. The van der Waals surface area contributed by atoms with E-state index in [-0.39, 0.29) is 23.8 Å². The minimum absolute atomic E-state index is 0.108. The summed E-state index contributed by atoms with van der Waals surface area (Å²) < 4.78 is 0. The molecule has 0 heterocycles. The Hall–Kier alpha value is -2.56. The first-order valence-corrected chi connectivity index (χ1v) is 12.8. The molecule has 0 fully saturated rings. The average Bonchev–Trinajstić information content (AvgIpc) is 2.78. The van der Waals surface area contributed by atoms with Crippen molar-refractivity contribution in [1.29, 1.82) is 0 Å². The number of aryl methyl sites for hydroxylation is 1. The molecule has 1 aromatic carbocycles. The van der Waals surface area contributed by atoms with Gasteiger partial charge in [0.15, 0.2) is 0 Å². The summed E-state index contributed by atoms with van der Waals surface area (Å²) >= 11 is 0. The highest BCUT2D eigenvalue weighted by Crippen LogP contribution is 2.08. The number of benzene rings is 1. The van der Waals surface area contributed by atoms with Gasteiger partial charge in [0.1, 0.15) is 6.04 Å². The third-order valence-corrected chi connectivity index (χ3v) is 4.86. The molecule has 2 atom stereocenters. The van der Waals surface area contributed by atoms with Crippen LogP contribution in [0.5, 0.6) is 0 Å². The fraction of sp³-hybridized carbons (Fsp3) is 0.586. The van der Waals surface area contributed by atoms with E-state index in [0.29, 0.717) is 25.8 Å². The average molecular weight is 472 g/mol. The van der Waals surface area contributed by atoms with Crippen molar-refractivity contribution in [1.82, 2.24) is 16.0 Å². The number of rotatable bonds is 15. The molecule has 0 radical (unpaired) electrons. The van der Waals surface area contributed by atoms with Gasteiger partial charge in [-0.2, -0.15) is 0 Å². The zero-order valence-corrected chi connectivity index (χ0v) is 22.5. The minimum Gasteiger partial charge on any atom is -0.381 e. The number of unbranched alkanes of at least 4 members (excludes halogenated alkanes) is 1. The largest absolute Gasteiger partial charge is 0.381 e. The molecule has 0 saturated heterocycles. The Kier molecular flexibility index (Phi) is 17.4. The van der Waals surface area contributed by atoms with E-state index in [4.69, 9.17) is 0 Å². The predicted molar refractivity (Wildman–Crippen MR) is 145 cm³/mol. The van der Waals surface area contributed by atoms with Gasteiger partial charge in [0.25, 0.3) is 0 Å². The highest BCUT2D eigenvalue weighted by atomic mass is 16.2. The summed E-state index contributed by atoms with van der Waals surface area (Å²) in [4.78, 5) is 25.1. The normalized spacial score (nSPS) is 12.2. The predicted octanol–water partition coefficient (Wildman–Crippen LogP) is 5.78. The van der Waals surface area contributed by atoms with E-state index >= 15 is 0 Å². The zero-order valence-electron chi connectivity index (χ0n) is 22.5. The van der Waals surface area contributed by atoms with E-state index in [1.807, 2.05) is 50.3 Å². The second-order valence-corrected chi connectivity index (χ2v) is 9.92. The molecule has 5 heteroatoms. The van der Waals surface area contributed by atoms with Gasteiger partial charge in [-0.3, -0.25) is 9.59 Å². The number of hydrogen-bond donors (Lipinski definition) is 3. The highest BCUT2D eigenvalue weighted by molar-refractivity contribution is 5.87. The molecular formula is C29H49N3O2. The maximum Gasteiger partial charge on any atom is 0.242 e. The molecule has 0 bridgehead atoms. The van der Waals surface area contributed by atoms with E-state index in [0.717, 1.165) is 36.4 Å². The fourth-order valence-corrected chi connectivity index (χ4v) is 3.18. The van der Waals surface area contributed by atoms with Crippen LogP contribution in [0.2, 0.25) is 0 Å². The Morgan fingerprint density at radius 2 is 1.65 bits per heavy atom.